The molecule has 0 spiro atoms. The number of aryl methyl sites for hydroxylation is 1. The molecule has 0 radical (unpaired) electrons. The third-order valence-corrected chi connectivity index (χ3v) is 9.94. The van der Waals surface area contributed by atoms with Crippen molar-refractivity contribution < 1.29 is 13.6 Å². The van der Waals surface area contributed by atoms with Crippen LogP contribution >= 0.6 is 0 Å². The summed E-state index contributed by atoms with van der Waals surface area (Å²) in [5.74, 6) is 2.19. The van der Waals surface area contributed by atoms with Crippen LogP contribution in [-0.4, -0.2) is 35.4 Å². The van der Waals surface area contributed by atoms with Crippen molar-refractivity contribution in [1.82, 2.24) is 0 Å². The Balaban J connectivity index is 1.75. The summed E-state index contributed by atoms with van der Waals surface area (Å²) in [7, 11) is -1.56. The fourth-order valence-corrected chi connectivity index (χ4v) is 9.81. The summed E-state index contributed by atoms with van der Waals surface area (Å²) < 4.78 is 19.7. The molecule has 5 heteroatoms. The first kappa shape index (κ1) is 22.6. The van der Waals surface area contributed by atoms with Gasteiger partial charge in [0.25, 0.3) is 0 Å². The average molecular weight is 447 g/mol. The molecular weight excluding hydrogens is 404 g/mol. The predicted octanol–water partition coefficient (Wildman–Crippen LogP) is 6.75. The smallest absolute Gasteiger partial charge is 0.184 e. The molecule has 1 aromatic rings. The summed E-state index contributed by atoms with van der Waals surface area (Å²) in [4.78, 5) is 0. The number of ether oxygens (including phenoxy) is 1. The lowest BCUT2D eigenvalue weighted by molar-refractivity contribution is -0.147. The molecule has 168 valence electrons. The summed E-state index contributed by atoms with van der Waals surface area (Å²) in [5, 5.41) is 0. The van der Waals surface area contributed by atoms with Crippen LogP contribution in [0, 0.1) is 11.3 Å². The standard InChI is InChI=1S/C25H42O3Si2/c1-24-15-13-21-20-11-10-19(26-2)17-18(20)9-12-22(21)25(24,28-30(6,7)8)16-14-23(24)27-29(3,4)5/h10-11,17,21-23H,9,12-16H2,1-8H3/t21-,22-,23+,24-,25-/m1/s1. The number of fused-ring (bicyclic) bond motifs is 5. The maximum absolute atomic E-state index is 7.32. The van der Waals surface area contributed by atoms with Gasteiger partial charge in [0.05, 0.1) is 18.8 Å². The minimum Gasteiger partial charge on any atom is -0.497 e. The molecule has 2 fully saturated rings. The molecule has 0 heterocycles. The van der Waals surface area contributed by atoms with Gasteiger partial charge < -0.3 is 13.6 Å². The summed E-state index contributed by atoms with van der Waals surface area (Å²) in [6, 6.07) is 6.78. The first-order chi connectivity index (χ1) is 13.9. The summed E-state index contributed by atoms with van der Waals surface area (Å²) >= 11 is 0. The molecule has 30 heavy (non-hydrogen) atoms. The Morgan fingerprint density at radius 3 is 2.30 bits per heavy atom. The van der Waals surface area contributed by atoms with E-state index in [0.29, 0.717) is 17.9 Å². The molecule has 3 nitrogen and oxygen atoms in total. The molecule has 2 saturated carbocycles. The van der Waals surface area contributed by atoms with Gasteiger partial charge in [0.2, 0.25) is 0 Å². The van der Waals surface area contributed by atoms with Gasteiger partial charge in [-0.3, -0.25) is 0 Å². The minimum atomic E-state index is -1.72. The van der Waals surface area contributed by atoms with E-state index in [9.17, 15) is 0 Å². The van der Waals surface area contributed by atoms with E-state index in [0.717, 1.165) is 25.0 Å². The number of benzene rings is 1. The van der Waals surface area contributed by atoms with Crippen molar-refractivity contribution in [3.63, 3.8) is 0 Å². The molecule has 4 rings (SSSR count). The van der Waals surface area contributed by atoms with Crippen LogP contribution in [0.3, 0.4) is 0 Å². The second-order valence-electron chi connectivity index (χ2n) is 12.1. The zero-order valence-corrected chi connectivity index (χ0v) is 22.4. The van der Waals surface area contributed by atoms with Crippen LogP contribution in [0.5, 0.6) is 5.75 Å². The van der Waals surface area contributed by atoms with Crippen molar-refractivity contribution in [3.05, 3.63) is 29.3 Å². The van der Waals surface area contributed by atoms with Gasteiger partial charge in [0.1, 0.15) is 5.75 Å². The third-order valence-electron chi connectivity index (χ3n) is 7.97. The Morgan fingerprint density at radius 1 is 0.933 bits per heavy atom. The van der Waals surface area contributed by atoms with Crippen molar-refractivity contribution in [1.29, 1.82) is 0 Å². The van der Waals surface area contributed by atoms with E-state index in [1.807, 2.05) is 0 Å². The van der Waals surface area contributed by atoms with Gasteiger partial charge in [0.15, 0.2) is 16.6 Å². The fraction of sp³-hybridized carbons (Fsp3) is 0.760. The topological polar surface area (TPSA) is 27.7 Å². The van der Waals surface area contributed by atoms with Crippen LogP contribution < -0.4 is 4.74 Å². The van der Waals surface area contributed by atoms with Crippen molar-refractivity contribution in [2.75, 3.05) is 7.11 Å². The molecule has 0 unspecified atom stereocenters. The Hall–Kier alpha value is -0.626. The highest BCUT2D eigenvalue weighted by Gasteiger charge is 2.66. The SMILES string of the molecule is COc1ccc2c(c1)CC[C@@H]1[C@@H]2CC[C@]2(C)[C@@H](O[Si](C)(C)C)CC[C@@]12O[Si](C)(C)C. The summed E-state index contributed by atoms with van der Waals surface area (Å²) in [5.41, 5.74) is 3.14. The second-order valence-corrected chi connectivity index (χ2v) is 21.0. The van der Waals surface area contributed by atoms with E-state index < -0.39 is 16.6 Å². The zero-order valence-electron chi connectivity index (χ0n) is 20.4. The monoisotopic (exact) mass is 446 g/mol. The summed E-state index contributed by atoms with van der Waals surface area (Å²) in [6.45, 7) is 16.7. The van der Waals surface area contributed by atoms with Gasteiger partial charge in [-0.2, -0.15) is 0 Å². The average Bonchev–Trinajstić information content (AvgIpc) is 2.90. The lowest BCUT2D eigenvalue weighted by Gasteiger charge is -2.60. The van der Waals surface area contributed by atoms with E-state index in [2.05, 4.69) is 64.4 Å². The quantitative estimate of drug-likeness (QED) is 0.468. The Labute approximate surface area is 186 Å². The molecule has 1 aromatic carbocycles. The van der Waals surface area contributed by atoms with E-state index in [4.69, 9.17) is 13.6 Å². The highest BCUT2D eigenvalue weighted by atomic mass is 28.4. The van der Waals surface area contributed by atoms with E-state index in [-0.39, 0.29) is 11.0 Å². The molecule has 0 N–H and O–H groups in total. The summed E-state index contributed by atoms with van der Waals surface area (Å²) in [6.07, 6.45) is 7.49. The molecule has 3 aliphatic rings. The van der Waals surface area contributed by atoms with Crippen LogP contribution in [0.25, 0.3) is 0 Å². The molecule has 0 bridgehead atoms. The van der Waals surface area contributed by atoms with Gasteiger partial charge in [0, 0.05) is 5.41 Å². The van der Waals surface area contributed by atoms with Crippen LogP contribution in [0.15, 0.2) is 18.2 Å². The maximum Gasteiger partial charge on any atom is 0.184 e. The van der Waals surface area contributed by atoms with Crippen LogP contribution in [0.4, 0.5) is 0 Å². The van der Waals surface area contributed by atoms with Gasteiger partial charge in [-0.25, -0.2) is 0 Å². The van der Waals surface area contributed by atoms with Crippen LogP contribution in [0.2, 0.25) is 39.3 Å². The first-order valence-electron chi connectivity index (χ1n) is 11.9. The second kappa shape index (κ2) is 7.46. The first-order valence-corrected chi connectivity index (χ1v) is 18.7. The van der Waals surface area contributed by atoms with E-state index >= 15 is 0 Å². The lowest BCUT2D eigenvalue weighted by atomic mass is 9.53. The van der Waals surface area contributed by atoms with Crippen molar-refractivity contribution in [3.8, 4) is 5.75 Å². The molecule has 5 atom stereocenters. The zero-order chi connectivity index (χ0) is 21.9. The lowest BCUT2D eigenvalue weighted by Crippen LogP contribution is -2.62. The number of methoxy groups -OCH3 is 1. The van der Waals surface area contributed by atoms with Gasteiger partial charge in [-0.15, -0.1) is 0 Å². The fourth-order valence-electron chi connectivity index (χ4n) is 7.00. The molecule has 3 aliphatic carbocycles. The maximum atomic E-state index is 7.32. The van der Waals surface area contributed by atoms with Gasteiger partial charge in [-0.05, 0) is 113 Å². The Bertz CT molecular complexity index is 797. The molecule has 0 aromatic heterocycles. The van der Waals surface area contributed by atoms with E-state index in [1.165, 1.54) is 24.8 Å². The molecule has 0 saturated heterocycles. The minimum absolute atomic E-state index is 0.0394. The molecule has 0 amide bonds. The Morgan fingerprint density at radius 2 is 1.67 bits per heavy atom. The highest BCUT2D eigenvalue weighted by molar-refractivity contribution is 6.70. The number of hydrogen-bond acceptors (Lipinski definition) is 3. The molecular formula is C25H42O3Si2. The van der Waals surface area contributed by atoms with Gasteiger partial charge in [-0.1, -0.05) is 13.0 Å². The van der Waals surface area contributed by atoms with Crippen molar-refractivity contribution in [2.24, 2.45) is 11.3 Å². The number of rotatable bonds is 5. The highest BCUT2D eigenvalue weighted by Crippen LogP contribution is 2.66. The van der Waals surface area contributed by atoms with Crippen LogP contribution in [-0.2, 0) is 15.3 Å². The van der Waals surface area contributed by atoms with Crippen LogP contribution in [0.1, 0.15) is 56.1 Å². The molecule has 0 aliphatic heterocycles. The Kier molecular flexibility index (Phi) is 5.61. The van der Waals surface area contributed by atoms with Crippen molar-refractivity contribution >= 4 is 16.6 Å². The van der Waals surface area contributed by atoms with E-state index in [1.54, 1.807) is 12.7 Å². The number of hydrogen-bond donors (Lipinski definition) is 0. The third kappa shape index (κ3) is 3.74. The van der Waals surface area contributed by atoms with Crippen molar-refractivity contribution in [2.45, 2.75) is 102 Å². The van der Waals surface area contributed by atoms with Gasteiger partial charge >= 0.3 is 0 Å². The normalized spacial score (nSPS) is 36.1. The largest absolute Gasteiger partial charge is 0.497 e. The predicted molar refractivity (Wildman–Crippen MR) is 130 cm³/mol.